The van der Waals surface area contributed by atoms with Gasteiger partial charge in [0.05, 0.1) is 4.90 Å². The van der Waals surface area contributed by atoms with Gasteiger partial charge >= 0.3 is 0 Å². The zero-order valence-corrected chi connectivity index (χ0v) is 19.1. The van der Waals surface area contributed by atoms with Crippen LogP contribution in [-0.4, -0.2) is 63.4 Å². The van der Waals surface area contributed by atoms with Gasteiger partial charge in [0.2, 0.25) is 10.0 Å². The largest absolute Gasteiger partial charge is 0.369 e. The van der Waals surface area contributed by atoms with Crippen LogP contribution < -0.4 is 4.90 Å². The molecule has 0 unspecified atom stereocenters. The molecule has 31 heavy (non-hydrogen) atoms. The molecule has 1 atom stereocenters. The first-order valence-electron chi connectivity index (χ1n) is 10.9. The molecule has 1 fully saturated rings. The van der Waals surface area contributed by atoms with Gasteiger partial charge in [0.15, 0.2) is 0 Å². The van der Waals surface area contributed by atoms with Gasteiger partial charge in [-0.3, -0.25) is 4.90 Å². The maximum Gasteiger partial charge on any atom is 0.243 e. The van der Waals surface area contributed by atoms with E-state index in [4.69, 9.17) is 0 Å². The summed E-state index contributed by atoms with van der Waals surface area (Å²) in [4.78, 5) is 5.24. The Morgan fingerprint density at radius 2 is 1.52 bits per heavy atom. The van der Waals surface area contributed by atoms with Crippen molar-refractivity contribution < 1.29 is 8.42 Å². The Morgan fingerprint density at radius 3 is 2.26 bits per heavy atom. The van der Waals surface area contributed by atoms with Crippen LogP contribution in [0, 0.1) is 0 Å². The molecule has 5 nitrogen and oxygen atoms in total. The summed E-state index contributed by atoms with van der Waals surface area (Å²) in [5.74, 6) is 0. The van der Waals surface area contributed by atoms with Crippen LogP contribution in [0.25, 0.3) is 10.8 Å². The van der Waals surface area contributed by atoms with Crippen LogP contribution in [-0.2, 0) is 10.0 Å². The second-order valence-corrected chi connectivity index (χ2v) is 10.3. The van der Waals surface area contributed by atoms with E-state index in [9.17, 15) is 8.42 Å². The molecule has 3 aromatic rings. The summed E-state index contributed by atoms with van der Waals surface area (Å²) in [7, 11) is -1.85. The van der Waals surface area contributed by atoms with Crippen LogP contribution in [0.4, 0.5) is 5.69 Å². The Morgan fingerprint density at radius 1 is 0.871 bits per heavy atom. The number of piperazine rings is 1. The van der Waals surface area contributed by atoms with Gasteiger partial charge in [0, 0.05) is 50.3 Å². The summed E-state index contributed by atoms with van der Waals surface area (Å²) in [6.07, 6.45) is 0.811. The first kappa shape index (κ1) is 21.8. The standard InChI is InChI=1S/C25H31N3O2S/c1-21(15-16-27-17-19-28(20-18-27)23-11-4-3-5-12-23)26(2)31(29,30)25-14-8-10-22-9-6-7-13-24(22)25/h3-14,21H,15-20H2,1-2H3/t21-/m1/s1. The fraction of sp³-hybridized carbons (Fsp3) is 0.360. The van der Waals surface area contributed by atoms with Crippen LogP contribution in [0.1, 0.15) is 13.3 Å². The van der Waals surface area contributed by atoms with Crippen LogP contribution in [0.3, 0.4) is 0 Å². The van der Waals surface area contributed by atoms with Crippen LogP contribution in [0.2, 0.25) is 0 Å². The summed E-state index contributed by atoms with van der Waals surface area (Å²) in [5.41, 5.74) is 1.27. The van der Waals surface area contributed by atoms with E-state index < -0.39 is 10.0 Å². The molecule has 0 bridgehead atoms. The molecule has 0 aromatic heterocycles. The lowest BCUT2D eigenvalue weighted by molar-refractivity contribution is 0.232. The second kappa shape index (κ2) is 9.39. The molecule has 6 heteroatoms. The van der Waals surface area contributed by atoms with Crippen molar-refractivity contribution in [1.82, 2.24) is 9.21 Å². The number of nitrogens with zero attached hydrogens (tertiary/aromatic N) is 3. The molecule has 0 amide bonds. The molecule has 4 rings (SSSR count). The van der Waals surface area contributed by atoms with Crippen LogP contribution >= 0.6 is 0 Å². The normalized spacial score (nSPS) is 16.7. The molecule has 1 heterocycles. The average Bonchev–Trinajstić information content (AvgIpc) is 2.82. The van der Waals surface area contributed by atoms with E-state index in [0.29, 0.717) is 4.90 Å². The van der Waals surface area contributed by atoms with Gasteiger partial charge in [-0.15, -0.1) is 0 Å². The summed E-state index contributed by atoms with van der Waals surface area (Å²) in [5, 5.41) is 1.72. The highest BCUT2D eigenvalue weighted by Gasteiger charge is 2.27. The van der Waals surface area contributed by atoms with Crippen molar-refractivity contribution in [3.05, 3.63) is 72.8 Å². The maximum atomic E-state index is 13.3. The van der Waals surface area contributed by atoms with Crippen LogP contribution in [0.15, 0.2) is 77.7 Å². The van der Waals surface area contributed by atoms with Crippen molar-refractivity contribution >= 4 is 26.5 Å². The highest BCUT2D eigenvalue weighted by molar-refractivity contribution is 7.89. The highest BCUT2D eigenvalue weighted by atomic mass is 32.2. The first-order chi connectivity index (χ1) is 15.0. The fourth-order valence-electron chi connectivity index (χ4n) is 4.23. The molecule has 1 aliphatic rings. The summed E-state index contributed by atoms with van der Waals surface area (Å²) in [6.45, 7) is 6.91. The second-order valence-electron chi connectivity index (χ2n) is 8.30. The third-order valence-corrected chi connectivity index (χ3v) is 8.41. The van der Waals surface area contributed by atoms with Gasteiger partial charge in [-0.2, -0.15) is 4.31 Å². The smallest absolute Gasteiger partial charge is 0.243 e. The number of fused-ring (bicyclic) bond motifs is 1. The van der Waals surface area contributed by atoms with Gasteiger partial charge in [-0.25, -0.2) is 8.42 Å². The third-order valence-electron chi connectivity index (χ3n) is 6.38. The number of anilines is 1. The van der Waals surface area contributed by atoms with E-state index >= 15 is 0 Å². The molecule has 0 radical (unpaired) electrons. The zero-order chi connectivity index (χ0) is 21.8. The Labute approximate surface area is 185 Å². The van der Waals surface area contributed by atoms with Gasteiger partial charge in [-0.05, 0) is 43.5 Å². The minimum absolute atomic E-state index is 0.0730. The van der Waals surface area contributed by atoms with Crippen molar-refractivity contribution in [3.63, 3.8) is 0 Å². The quantitative estimate of drug-likeness (QED) is 0.559. The van der Waals surface area contributed by atoms with E-state index in [0.717, 1.165) is 49.9 Å². The Hall–Kier alpha value is -2.41. The third kappa shape index (κ3) is 4.76. The monoisotopic (exact) mass is 437 g/mol. The van der Waals surface area contributed by atoms with E-state index in [1.807, 2.05) is 49.4 Å². The topological polar surface area (TPSA) is 43.9 Å². The lowest BCUT2D eigenvalue weighted by atomic mass is 10.1. The zero-order valence-electron chi connectivity index (χ0n) is 18.3. The molecule has 0 N–H and O–H groups in total. The highest BCUT2D eigenvalue weighted by Crippen LogP contribution is 2.26. The molecule has 3 aromatic carbocycles. The van der Waals surface area contributed by atoms with Crippen molar-refractivity contribution in [2.24, 2.45) is 0 Å². The summed E-state index contributed by atoms with van der Waals surface area (Å²) in [6, 6.07) is 23.6. The predicted molar refractivity (Wildman–Crippen MR) is 128 cm³/mol. The van der Waals surface area contributed by atoms with E-state index in [2.05, 4.69) is 34.1 Å². The van der Waals surface area contributed by atoms with Gasteiger partial charge < -0.3 is 4.90 Å². The lowest BCUT2D eigenvalue weighted by Crippen LogP contribution is -2.47. The molecular formula is C25H31N3O2S. The number of benzene rings is 3. The number of para-hydroxylation sites is 1. The van der Waals surface area contributed by atoms with Gasteiger partial charge in [0.25, 0.3) is 0 Å². The van der Waals surface area contributed by atoms with Crippen molar-refractivity contribution in [2.75, 3.05) is 44.7 Å². The molecule has 164 valence electrons. The molecule has 1 aliphatic heterocycles. The Kier molecular flexibility index (Phi) is 6.60. The Balaban J connectivity index is 1.36. The number of sulfonamides is 1. The minimum Gasteiger partial charge on any atom is -0.369 e. The number of rotatable bonds is 7. The van der Waals surface area contributed by atoms with Gasteiger partial charge in [0.1, 0.15) is 0 Å². The van der Waals surface area contributed by atoms with E-state index in [-0.39, 0.29) is 6.04 Å². The Bertz CT molecular complexity index is 1100. The maximum absolute atomic E-state index is 13.3. The van der Waals surface area contributed by atoms with Crippen molar-refractivity contribution in [3.8, 4) is 0 Å². The average molecular weight is 438 g/mol. The van der Waals surface area contributed by atoms with E-state index in [1.54, 1.807) is 13.1 Å². The molecule has 1 saturated heterocycles. The SMILES string of the molecule is C[C@H](CCN1CCN(c2ccccc2)CC1)N(C)S(=O)(=O)c1cccc2ccccc12. The summed E-state index contributed by atoms with van der Waals surface area (Å²) >= 11 is 0. The predicted octanol–water partition coefficient (Wildman–Crippen LogP) is 4.06. The number of hydrogen-bond donors (Lipinski definition) is 0. The lowest BCUT2D eigenvalue weighted by Gasteiger charge is -2.37. The fourth-order valence-corrected chi connectivity index (χ4v) is 5.84. The van der Waals surface area contributed by atoms with Crippen molar-refractivity contribution in [2.45, 2.75) is 24.3 Å². The van der Waals surface area contributed by atoms with Gasteiger partial charge in [-0.1, -0.05) is 54.6 Å². The minimum atomic E-state index is -3.56. The molecular weight excluding hydrogens is 406 g/mol. The van der Waals surface area contributed by atoms with E-state index in [1.165, 1.54) is 9.99 Å². The summed E-state index contributed by atoms with van der Waals surface area (Å²) < 4.78 is 28.2. The van der Waals surface area contributed by atoms with Crippen molar-refractivity contribution in [1.29, 1.82) is 0 Å². The molecule has 0 aliphatic carbocycles. The first-order valence-corrected chi connectivity index (χ1v) is 12.4. The van der Waals surface area contributed by atoms with Crippen LogP contribution in [0.5, 0.6) is 0 Å². The molecule has 0 spiro atoms. The molecule has 0 saturated carbocycles. The number of hydrogen-bond acceptors (Lipinski definition) is 4.